The minimum absolute atomic E-state index is 0.222. The van der Waals surface area contributed by atoms with Gasteiger partial charge in [0, 0.05) is 8.37 Å². The van der Waals surface area contributed by atoms with Gasteiger partial charge in [-0.05, 0) is 18.8 Å². The largest absolute Gasteiger partial charge is 0.454 e. The summed E-state index contributed by atoms with van der Waals surface area (Å²) in [5.74, 6) is 0.887. The third kappa shape index (κ3) is 3.46. The summed E-state index contributed by atoms with van der Waals surface area (Å²) in [5, 5.41) is 0. The molecule has 0 aliphatic carbocycles. The minimum atomic E-state index is 0.222. The Kier molecular flexibility index (Phi) is 4.11. The lowest BCUT2D eigenvalue weighted by molar-refractivity contribution is 0.633. The lowest BCUT2D eigenvalue weighted by Gasteiger charge is -1.98. The first-order valence-electron chi connectivity index (χ1n) is 3.19. The normalized spacial score (nSPS) is 11.4. The summed E-state index contributed by atoms with van der Waals surface area (Å²) >= 11 is 0. The summed E-state index contributed by atoms with van der Waals surface area (Å²) in [6.07, 6.45) is 0. The van der Waals surface area contributed by atoms with Gasteiger partial charge in [0.05, 0.1) is 0 Å². The molecule has 2 nitrogen and oxygen atoms in total. The van der Waals surface area contributed by atoms with Crippen LogP contribution in [0.1, 0.15) is 0 Å². The zero-order valence-electron chi connectivity index (χ0n) is 6.19. The molecule has 4 heteroatoms. The van der Waals surface area contributed by atoms with Crippen molar-refractivity contribution in [1.82, 2.24) is 0 Å². The monoisotopic (exact) mass is 185 g/mol. The van der Waals surface area contributed by atoms with Gasteiger partial charge in [-0.15, -0.1) is 0 Å². The predicted molar refractivity (Wildman–Crippen MR) is 50.7 cm³/mol. The van der Waals surface area contributed by atoms with E-state index in [0.717, 1.165) is 14.1 Å². The van der Waals surface area contributed by atoms with Crippen LogP contribution in [0.15, 0.2) is 34.8 Å². The number of benzene rings is 1. The fourth-order valence-corrected chi connectivity index (χ4v) is 1.33. The zero-order chi connectivity index (χ0) is 7.94. The number of hydrogen-bond donors (Lipinski definition) is 0. The smallest absolute Gasteiger partial charge is 0.200 e. The lowest BCUT2D eigenvalue weighted by Crippen LogP contribution is -1.72. The molecule has 0 spiro atoms. The van der Waals surface area contributed by atoms with Crippen LogP contribution in [-0.2, 0) is 0 Å². The Morgan fingerprint density at radius 2 is 2.09 bits per heavy atom. The van der Waals surface area contributed by atoms with Crippen LogP contribution in [0.4, 0.5) is 0 Å². The van der Waals surface area contributed by atoms with E-state index in [4.69, 9.17) is 4.52 Å². The molecule has 1 atom stereocenters. The van der Waals surface area contributed by atoms with Crippen LogP contribution in [0.2, 0.25) is 0 Å². The summed E-state index contributed by atoms with van der Waals surface area (Å²) < 4.78 is 9.35. The van der Waals surface area contributed by atoms with Crippen molar-refractivity contribution in [1.29, 1.82) is 0 Å². The molecule has 0 aromatic heterocycles. The highest BCUT2D eigenvalue weighted by molar-refractivity contribution is 7.41. The van der Waals surface area contributed by atoms with Gasteiger partial charge in [-0.25, -0.2) is 4.52 Å². The highest BCUT2D eigenvalue weighted by Gasteiger charge is 1.86. The molecule has 0 heterocycles. The summed E-state index contributed by atoms with van der Waals surface area (Å²) in [7, 11) is 1.25. The van der Waals surface area contributed by atoms with Crippen LogP contribution in [-0.4, -0.2) is 6.66 Å². The molecule has 11 heavy (non-hydrogen) atoms. The zero-order valence-corrected chi connectivity index (χ0v) is 8.08. The van der Waals surface area contributed by atoms with Crippen LogP contribution < -0.4 is 4.52 Å². The van der Waals surface area contributed by atoms with E-state index in [2.05, 4.69) is 4.52 Å². The van der Waals surface area contributed by atoms with Gasteiger partial charge >= 0.3 is 0 Å². The molecule has 1 unspecified atom stereocenters. The molecular formula is C7H9NOP2. The van der Waals surface area contributed by atoms with E-state index in [1.807, 2.05) is 37.0 Å². The average Bonchev–Trinajstić information content (AvgIpc) is 2.07. The summed E-state index contributed by atoms with van der Waals surface area (Å²) in [6.45, 7) is 1.97. The average molecular weight is 185 g/mol. The molecule has 0 radical (unpaired) electrons. The van der Waals surface area contributed by atoms with E-state index in [9.17, 15) is 0 Å². The van der Waals surface area contributed by atoms with Crippen molar-refractivity contribution in [3.63, 3.8) is 0 Å². The Bertz CT molecular complexity index is 225. The minimum Gasteiger partial charge on any atom is -0.454 e. The maximum atomic E-state index is 5.30. The van der Waals surface area contributed by atoms with Crippen molar-refractivity contribution in [3.8, 4) is 5.75 Å². The SMILES string of the molecule is CP=NPOc1ccccc1. The topological polar surface area (TPSA) is 21.6 Å². The standard InChI is InChI=1S/C7H9NOP2/c1-10-8-11-9-7-5-3-2-4-6-7/h2-6,11H,1H3. The maximum absolute atomic E-state index is 5.30. The maximum Gasteiger partial charge on any atom is 0.200 e. The van der Waals surface area contributed by atoms with Crippen molar-refractivity contribution in [2.45, 2.75) is 0 Å². The highest BCUT2D eigenvalue weighted by Crippen LogP contribution is 2.22. The Labute approximate surface area is 69.8 Å². The van der Waals surface area contributed by atoms with Gasteiger partial charge in [-0.2, -0.15) is 0 Å². The summed E-state index contributed by atoms with van der Waals surface area (Å²) in [4.78, 5) is 0. The van der Waals surface area contributed by atoms with Crippen molar-refractivity contribution >= 4 is 17.3 Å². The Morgan fingerprint density at radius 1 is 1.36 bits per heavy atom. The third-order valence-electron chi connectivity index (χ3n) is 1.05. The van der Waals surface area contributed by atoms with Gasteiger partial charge in [-0.3, -0.25) is 0 Å². The predicted octanol–water partition coefficient (Wildman–Crippen LogP) is 3.33. The summed E-state index contributed by atoms with van der Waals surface area (Å²) in [5.41, 5.74) is 0. The van der Waals surface area contributed by atoms with Crippen molar-refractivity contribution in [2.75, 3.05) is 6.66 Å². The van der Waals surface area contributed by atoms with Gasteiger partial charge in [-0.1, -0.05) is 18.2 Å². The van der Waals surface area contributed by atoms with Crippen LogP contribution in [0.25, 0.3) is 0 Å². The van der Waals surface area contributed by atoms with E-state index in [1.165, 1.54) is 0 Å². The van der Waals surface area contributed by atoms with E-state index in [-0.39, 0.29) is 8.96 Å². The van der Waals surface area contributed by atoms with E-state index in [0.29, 0.717) is 0 Å². The van der Waals surface area contributed by atoms with E-state index in [1.54, 1.807) is 0 Å². The highest BCUT2D eigenvalue weighted by atomic mass is 31.1. The Balaban J connectivity index is 2.39. The van der Waals surface area contributed by atoms with Gasteiger partial charge in [0.25, 0.3) is 0 Å². The van der Waals surface area contributed by atoms with Crippen molar-refractivity contribution < 1.29 is 4.52 Å². The Hall–Kier alpha value is -0.450. The van der Waals surface area contributed by atoms with E-state index < -0.39 is 0 Å². The van der Waals surface area contributed by atoms with Crippen molar-refractivity contribution in [3.05, 3.63) is 30.3 Å². The first-order valence-corrected chi connectivity index (χ1v) is 5.34. The molecule has 1 aromatic rings. The number of para-hydroxylation sites is 1. The van der Waals surface area contributed by atoms with Gasteiger partial charge in [0.15, 0.2) is 8.96 Å². The molecule has 0 bridgehead atoms. The van der Waals surface area contributed by atoms with Crippen molar-refractivity contribution in [2.24, 2.45) is 4.52 Å². The van der Waals surface area contributed by atoms with Crippen LogP contribution in [0, 0.1) is 0 Å². The molecule has 0 N–H and O–H groups in total. The van der Waals surface area contributed by atoms with Gasteiger partial charge in [0.1, 0.15) is 5.75 Å². The molecule has 58 valence electrons. The molecule has 1 rings (SSSR count). The lowest BCUT2D eigenvalue weighted by atomic mass is 10.3. The van der Waals surface area contributed by atoms with Crippen LogP contribution >= 0.6 is 17.3 Å². The fourth-order valence-electron chi connectivity index (χ4n) is 0.602. The second kappa shape index (κ2) is 5.23. The molecule has 0 aliphatic heterocycles. The first-order chi connectivity index (χ1) is 5.43. The second-order valence-corrected chi connectivity index (χ2v) is 3.39. The first kappa shape index (κ1) is 8.64. The molecule has 0 aliphatic rings. The number of rotatable bonds is 3. The Morgan fingerprint density at radius 3 is 2.73 bits per heavy atom. The van der Waals surface area contributed by atoms with Gasteiger partial charge < -0.3 is 4.52 Å². The molecule has 0 saturated heterocycles. The quantitative estimate of drug-likeness (QED) is 0.661. The van der Waals surface area contributed by atoms with Gasteiger partial charge in [0.2, 0.25) is 0 Å². The van der Waals surface area contributed by atoms with E-state index >= 15 is 0 Å². The molecule has 0 amide bonds. The summed E-state index contributed by atoms with van der Waals surface area (Å²) in [6, 6.07) is 9.71. The van der Waals surface area contributed by atoms with Crippen LogP contribution in [0.3, 0.4) is 0 Å². The molecule has 0 saturated carbocycles. The fraction of sp³-hybridized carbons (Fsp3) is 0.143. The van der Waals surface area contributed by atoms with Crippen LogP contribution in [0.5, 0.6) is 5.75 Å². The number of hydrogen-bond acceptors (Lipinski definition) is 2. The molecule has 0 fully saturated rings. The molecular weight excluding hydrogens is 176 g/mol. The second-order valence-electron chi connectivity index (χ2n) is 1.81. The molecule has 1 aromatic carbocycles. The number of nitrogens with zero attached hydrogens (tertiary/aromatic N) is 1. The third-order valence-corrected chi connectivity index (χ3v) is 2.50.